The fourth-order valence-corrected chi connectivity index (χ4v) is 0.669. The molecule has 3 heteroatoms. The molecule has 0 N–H and O–H groups in total. The fraction of sp³-hybridized carbons (Fsp3) is 1.00. The van der Waals surface area contributed by atoms with Crippen molar-refractivity contribution in [3.8, 4) is 0 Å². The van der Waals surface area contributed by atoms with Crippen LogP contribution < -0.4 is 0 Å². The molecule has 0 aromatic carbocycles. The summed E-state index contributed by atoms with van der Waals surface area (Å²) in [4.78, 5) is 0. The lowest BCUT2D eigenvalue weighted by atomic mass is 10.5. The summed E-state index contributed by atoms with van der Waals surface area (Å²) in [5.74, 6) is 0. The van der Waals surface area contributed by atoms with Crippen molar-refractivity contribution in [2.45, 2.75) is 32.3 Å². The van der Waals surface area contributed by atoms with Crippen molar-refractivity contribution in [1.29, 1.82) is 0 Å². The van der Waals surface area contributed by atoms with E-state index in [1.807, 2.05) is 13.8 Å². The van der Waals surface area contributed by atoms with Gasteiger partial charge in [0.05, 0.1) is 13.2 Å². The van der Waals surface area contributed by atoms with E-state index in [1.54, 1.807) is 0 Å². The van der Waals surface area contributed by atoms with Crippen molar-refractivity contribution in [2.75, 3.05) is 13.2 Å². The fourth-order valence-electron chi connectivity index (χ4n) is 0.476. The first-order valence-electron chi connectivity index (χ1n) is 3.70. The Morgan fingerprint density at radius 3 is 1.80 bits per heavy atom. The number of ether oxygens (including phenoxy) is 2. The molecule has 1 radical (unpaired) electrons. The van der Waals surface area contributed by atoms with Gasteiger partial charge in [-0.25, -0.2) is 0 Å². The van der Waals surface area contributed by atoms with Gasteiger partial charge >= 0.3 is 0 Å². The molecule has 0 spiro atoms. The van der Waals surface area contributed by atoms with Crippen LogP contribution in [-0.2, 0) is 9.47 Å². The molecule has 0 bridgehead atoms. The second-order valence-electron chi connectivity index (χ2n) is 2.03. The van der Waals surface area contributed by atoms with E-state index >= 15 is 0 Å². The van der Waals surface area contributed by atoms with Gasteiger partial charge < -0.3 is 9.47 Å². The van der Waals surface area contributed by atoms with E-state index in [-0.39, 0.29) is 0 Å². The first kappa shape index (κ1) is 10.3. The average molecular weight is 163 g/mol. The van der Waals surface area contributed by atoms with Crippen LogP contribution in [0.2, 0.25) is 0 Å². The summed E-state index contributed by atoms with van der Waals surface area (Å²) < 4.78 is 10.2. The number of rotatable bonds is 6. The van der Waals surface area contributed by atoms with Crippen molar-refractivity contribution in [1.82, 2.24) is 0 Å². The van der Waals surface area contributed by atoms with Crippen molar-refractivity contribution < 1.29 is 9.47 Å². The van der Waals surface area contributed by atoms with E-state index in [1.165, 1.54) is 0 Å². The molecule has 0 heterocycles. The second kappa shape index (κ2) is 7.38. The van der Waals surface area contributed by atoms with E-state index in [0.29, 0.717) is 13.2 Å². The number of hydrogen-bond donors (Lipinski definition) is 0. The largest absolute Gasteiger partial charge is 0.343 e. The Labute approximate surface area is 68.3 Å². The van der Waals surface area contributed by atoms with Crippen LogP contribution in [0.4, 0.5) is 0 Å². The van der Waals surface area contributed by atoms with Gasteiger partial charge in [0.1, 0.15) is 0 Å². The van der Waals surface area contributed by atoms with Gasteiger partial charge in [-0.3, -0.25) is 0 Å². The van der Waals surface area contributed by atoms with Crippen LogP contribution >= 0.6 is 12.6 Å². The van der Waals surface area contributed by atoms with Gasteiger partial charge in [-0.1, -0.05) is 13.8 Å². The predicted molar refractivity (Wildman–Crippen MR) is 43.9 cm³/mol. The monoisotopic (exact) mass is 163 g/mol. The highest BCUT2D eigenvalue weighted by atomic mass is 32.1. The Kier molecular flexibility index (Phi) is 7.58. The summed E-state index contributed by atoms with van der Waals surface area (Å²) in [5, 5.41) is 0. The quantitative estimate of drug-likeness (QED) is 0.559. The Bertz CT molecular complexity index is 60.6. The van der Waals surface area contributed by atoms with Gasteiger partial charge in [-0.15, -0.1) is 0 Å². The highest BCUT2D eigenvalue weighted by molar-refractivity contribution is 7.80. The highest BCUT2D eigenvalue weighted by Crippen LogP contribution is 2.00. The minimum Gasteiger partial charge on any atom is -0.343 e. The van der Waals surface area contributed by atoms with Crippen molar-refractivity contribution in [3.63, 3.8) is 0 Å². The molecule has 0 amide bonds. The zero-order valence-corrected chi connectivity index (χ0v) is 7.45. The third-order valence-corrected chi connectivity index (χ3v) is 1.19. The smallest absolute Gasteiger partial charge is 0.217 e. The predicted octanol–water partition coefficient (Wildman–Crippen LogP) is 2.32. The van der Waals surface area contributed by atoms with E-state index in [2.05, 4.69) is 0 Å². The molecule has 0 fully saturated rings. The topological polar surface area (TPSA) is 18.5 Å². The van der Waals surface area contributed by atoms with Gasteiger partial charge in [-0.05, 0) is 25.5 Å². The molecule has 0 atom stereocenters. The molecule has 0 aliphatic carbocycles. The van der Waals surface area contributed by atoms with Crippen molar-refractivity contribution >= 4 is 12.6 Å². The Morgan fingerprint density at radius 2 is 1.50 bits per heavy atom. The van der Waals surface area contributed by atoms with Crippen LogP contribution in [0.5, 0.6) is 0 Å². The maximum atomic E-state index is 5.09. The van der Waals surface area contributed by atoms with Gasteiger partial charge in [-0.2, -0.15) is 0 Å². The van der Waals surface area contributed by atoms with E-state index < -0.39 is 5.62 Å². The summed E-state index contributed by atoms with van der Waals surface area (Å²) in [6, 6.07) is 0. The molecule has 0 rings (SSSR count). The second-order valence-corrected chi connectivity index (χ2v) is 2.42. The molecule has 0 saturated heterocycles. The summed E-state index contributed by atoms with van der Waals surface area (Å²) in [7, 11) is 0. The SMILES string of the molecule is CCCOC([S])OCCC. The normalized spacial score (nSPS) is 10.8. The number of hydrogen-bond acceptors (Lipinski definition) is 2. The first-order valence-corrected chi connectivity index (χ1v) is 4.17. The van der Waals surface area contributed by atoms with Gasteiger partial charge in [0.15, 0.2) is 0 Å². The lowest BCUT2D eigenvalue weighted by molar-refractivity contribution is -0.0802. The average Bonchev–Trinajstić information content (AvgIpc) is 1.97. The van der Waals surface area contributed by atoms with Crippen molar-refractivity contribution in [2.24, 2.45) is 0 Å². The molecule has 2 nitrogen and oxygen atoms in total. The molecule has 61 valence electrons. The summed E-state index contributed by atoms with van der Waals surface area (Å²) in [5.41, 5.74) is -0.445. The molecule has 0 aromatic heterocycles. The standard InChI is InChI=1S/C7H15O2S/c1-3-5-8-7(10)9-6-4-2/h7H,3-6H2,1-2H3. The lowest BCUT2D eigenvalue weighted by Crippen LogP contribution is -2.11. The van der Waals surface area contributed by atoms with Crippen LogP contribution in [0.1, 0.15) is 26.7 Å². The first-order chi connectivity index (χ1) is 4.81. The zero-order chi connectivity index (χ0) is 7.82. The summed E-state index contributed by atoms with van der Waals surface area (Å²) in [6.45, 7) is 5.47. The molecule has 10 heavy (non-hydrogen) atoms. The summed E-state index contributed by atoms with van der Waals surface area (Å²) in [6.07, 6.45) is 1.98. The molecule has 0 unspecified atom stereocenters. The van der Waals surface area contributed by atoms with Gasteiger partial charge in [0.25, 0.3) is 0 Å². The van der Waals surface area contributed by atoms with E-state index in [0.717, 1.165) is 12.8 Å². The minimum atomic E-state index is -0.445. The molecular formula is C7H15O2S. The van der Waals surface area contributed by atoms with Crippen molar-refractivity contribution in [3.05, 3.63) is 0 Å². The third kappa shape index (κ3) is 6.39. The maximum Gasteiger partial charge on any atom is 0.217 e. The molecule has 0 aliphatic rings. The zero-order valence-electron chi connectivity index (χ0n) is 6.63. The summed E-state index contributed by atoms with van der Waals surface area (Å²) >= 11 is 4.82. The Balaban J connectivity index is 3.00. The maximum absolute atomic E-state index is 5.09. The van der Waals surface area contributed by atoms with Crippen LogP contribution in [0.15, 0.2) is 0 Å². The lowest BCUT2D eigenvalue weighted by Gasteiger charge is -2.10. The van der Waals surface area contributed by atoms with Gasteiger partial charge in [0, 0.05) is 0 Å². The molecule has 0 saturated carbocycles. The third-order valence-electron chi connectivity index (χ3n) is 0.916. The van der Waals surface area contributed by atoms with E-state index in [9.17, 15) is 0 Å². The Morgan fingerprint density at radius 1 is 1.10 bits per heavy atom. The minimum absolute atomic E-state index is 0.445. The van der Waals surface area contributed by atoms with Gasteiger partial charge in [0.2, 0.25) is 5.62 Å². The highest BCUT2D eigenvalue weighted by Gasteiger charge is 2.00. The van der Waals surface area contributed by atoms with Crippen LogP contribution in [0, 0.1) is 0 Å². The molecular weight excluding hydrogens is 148 g/mol. The van der Waals surface area contributed by atoms with Crippen LogP contribution in [-0.4, -0.2) is 18.8 Å². The molecule has 0 aliphatic heterocycles. The Hall–Kier alpha value is 0.270. The van der Waals surface area contributed by atoms with Crippen LogP contribution in [0.25, 0.3) is 0 Å². The van der Waals surface area contributed by atoms with Crippen LogP contribution in [0.3, 0.4) is 0 Å². The molecule has 0 aromatic rings. The van der Waals surface area contributed by atoms with E-state index in [4.69, 9.17) is 22.1 Å².